The number of rotatable bonds is 8. The fourth-order valence-electron chi connectivity index (χ4n) is 2.47. The van der Waals surface area contributed by atoms with Gasteiger partial charge in [0.05, 0.1) is 6.61 Å². The first-order chi connectivity index (χ1) is 9.80. The second kappa shape index (κ2) is 7.46. The van der Waals surface area contributed by atoms with Gasteiger partial charge >= 0.3 is 0 Å². The molecule has 2 rings (SSSR count). The van der Waals surface area contributed by atoms with E-state index in [1.165, 1.54) is 10.9 Å². The Balaban J connectivity index is 2.23. The van der Waals surface area contributed by atoms with Crippen LogP contribution in [-0.2, 0) is 13.0 Å². The van der Waals surface area contributed by atoms with Crippen molar-refractivity contribution in [2.24, 2.45) is 0 Å². The minimum Gasteiger partial charge on any atom is -0.461 e. The van der Waals surface area contributed by atoms with Crippen LogP contribution in [0.25, 0.3) is 11.0 Å². The first kappa shape index (κ1) is 15.1. The SMILES string of the molecule is CCCCc1oc2ccccc2c1CNC(CC)CO. The Hall–Kier alpha value is -1.32. The molecule has 0 aliphatic heterocycles. The van der Waals surface area contributed by atoms with Gasteiger partial charge in [0.2, 0.25) is 0 Å². The average molecular weight is 275 g/mol. The number of nitrogens with one attached hydrogen (secondary N) is 1. The van der Waals surface area contributed by atoms with Gasteiger partial charge in [-0.05, 0) is 18.9 Å². The molecule has 0 saturated carbocycles. The van der Waals surface area contributed by atoms with E-state index in [1.54, 1.807) is 0 Å². The third-order valence-electron chi connectivity index (χ3n) is 3.82. The molecule has 3 heteroatoms. The van der Waals surface area contributed by atoms with E-state index in [0.29, 0.717) is 0 Å². The first-order valence-electron chi connectivity index (χ1n) is 7.63. The Bertz CT molecular complexity index is 529. The lowest BCUT2D eigenvalue weighted by atomic mass is 10.1. The standard InChI is InChI=1S/C17H25NO2/c1-3-5-9-17-15(11-18-13(4-2)12-19)14-8-6-7-10-16(14)20-17/h6-8,10,13,18-19H,3-5,9,11-12H2,1-2H3. The van der Waals surface area contributed by atoms with Crippen molar-refractivity contribution in [3.05, 3.63) is 35.6 Å². The summed E-state index contributed by atoms with van der Waals surface area (Å²) in [5.41, 5.74) is 2.22. The number of aliphatic hydroxyl groups excluding tert-OH is 1. The van der Waals surface area contributed by atoms with Gasteiger partial charge in [-0.25, -0.2) is 0 Å². The Morgan fingerprint density at radius 3 is 2.75 bits per heavy atom. The van der Waals surface area contributed by atoms with Crippen LogP contribution in [0.15, 0.2) is 28.7 Å². The number of para-hydroxylation sites is 1. The molecule has 1 aromatic carbocycles. The van der Waals surface area contributed by atoms with Gasteiger partial charge in [-0.2, -0.15) is 0 Å². The zero-order valence-electron chi connectivity index (χ0n) is 12.5. The maximum Gasteiger partial charge on any atom is 0.134 e. The number of aryl methyl sites for hydroxylation is 1. The molecule has 2 N–H and O–H groups in total. The topological polar surface area (TPSA) is 45.4 Å². The third-order valence-corrected chi connectivity index (χ3v) is 3.82. The molecule has 1 heterocycles. The number of benzene rings is 1. The van der Waals surface area contributed by atoms with E-state index in [9.17, 15) is 5.11 Å². The lowest BCUT2D eigenvalue weighted by Gasteiger charge is -2.14. The smallest absolute Gasteiger partial charge is 0.134 e. The molecular formula is C17H25NO2. The van der Waals surface area contributed by atoms with E-state index < -0.39 is 0 Å². The van der Waals surface area contributed by atoms with Gasteiger partial charge in [-0.15, -0.1) is 0 Å². The molecule has 0 spiro atoms. The normalized spacial score (nSPS) is 12.9. The molecule has 110 valence electrons. The molecule has 0 bridgehead atoms. The van der Waals surface area contributed by atoms with Crippen LogP contribution in [0.1, 0.15) is 44.4 Å². The Morgan fingerprint density at radius 1 is 1.25 bits per heavy atom. The fraction of sp³-hybridized carbons (Fsp3) is 0.529. The highest BCUT2D eigenvalue weighted by Gasteiger charge is 2.14. The molecule has 0 saturated heterocycles. The highest BCUT2D eigenvalue weighted by atomic mass is 16.3. The van der Waals surface area contributed by atoms with Crippen molar-refractivity contribution >= 4 is 11.0 Å². The summed E-state index contributed by atoms with van der Waals surface area (Å²) in [6.07, 6.45) is 4.22. The van der Waals surface area contributed by atoms with Gasteiger partial charge in [0, 0.05) is 30.0 Å². The van der Waals surface area contributed by atoms with E-state index in [-0.39, 0.29) is 12.6 Å². The summed E-state index contributed by atoms with van der Waals surface area (Å²) in [5, 5.41) is 13.9. The summed E-state index contributed by atoms with van der Waals surface area (Å²) < 4.78 is 6.00. The molecule has 0 radical (unpaired) electrons. The van der Waals surface area contributed by atoms with E-state index >= 15 is 0 Å². The highest BCUT2D eigenvalue weighted by Crippen LogP contribution is 2.27. The van der Waals surface area contributed by atoms with Gasteiger partial charge in [0.15, 0.2) is 0 Å². The van der Waals surface area contributed by atoms with Crippen molar-refractivity contribution < 1.29 is 9.52 Å². The molecule has 2 aromatic rings. The highest BCUT2D eigenvalue weighted by molar-refractivity contribution is 5.82. The molecule has 0 aliphatic rings. The van der Waals surface area contributed by atoms with E-state index in [4.69, 9.17) is 4.42 Å². The predicted molar refractivity (Wildman–Crippen MR) is 82.8 cm³/mol. The fourth-order valence-corrected chi connectivity index (χ4v) is 2.47. The van der Waals surface area contributed by atoms with Crippen molar-refractivity contribution in [2.45, 2.75) is 52.1 Å². The molecular weight excluding hydrogens is 250 g/mol. The second-order valence-electron chi connectivity index (χ2n) is 5.27. The van der Waals surface area contributed by atoms with Crippen molar-refractivity contribution in [3.63, 3.8) is 0 Å². The summed E-state index contributed by atoms with van der Waals surface area (Å²) in [5.74, 6) is 1.09. The zero-order chi connectivity index (χ0) is 14.4. The number of unbranched alkanes of at least 4 members (excludes halogenated alkanes) is 1. The van der Waals surface area contributed by atoms with Crippen LogP contribution in [0.3, 0.4) is 0 Å². The molecule has 1 aromatic heterocycles. The zero-order valence-corrected chi connectivity index (χ0v) is 12.5. The second-order valence-corrected chi connectivity index (χ2v) is 5.27. The van der Waals surface area contributed by atoms with Crippen LogP contribution < -0.4 is 5.32 Å². The predicted octanol–water partition coefficient (Wildman–Crippen LogP) is 3.64. The first-order valence-corrected chi connectivity index (χ1v) is 7.63. The number of hydrogen-bond acceptors (Lipinski definition) is 3. The monoisotopic (exact) mass is 275 g/mol. The number of hydrogen-bond donors (Lipinski definition) is 2. The van der Waals surface area contributed by atoms with Gasteiger partial charge in [-0.3, -0.25) is 0 Å². The Labute approximate surface area is 121 Å². The molecule has 0 fully saturated rings. The van der Waals surface area contributed by atoms with Crippen molar-refractivity contribution in [1.29, 1.82) is 0 Å². The van der Waals surface area contributed by atoms with Crippen LogP contribution >= 0.6 is 0 Å². The number of fused-ring (bicyclic) bond motifs is 1. The maximum absolute atomic E-state index is 9.29. The molecule has 1 atom stereocenters. The van der Waals surface area contributed by atoms with E-state index in [2.05, 4.69) is 25.2 Å². The molecule has 20 heavy (non-hydrogen) atoms. The van der Waals surface area contributed by atoms with Gasteiger partial charge < -0.3 is 14.8 Å². The van der Waals surface area contributed by atoms with Crippen LogP contribution in [0.2, 0.25) is 0 Å². The summed E-state index contributed by atoms with van der Waals surface area (Å²) >= 11 is 0. The van der Waals surface area contributed by atoms with Gasteiger partial charge in [0.25, 0.3) is 0 Å². The molecule has 0 amide bonds. The van der Waals surface area contributed by atoms with Gasteiger partial charge in [-0.1, -0.05) is 38.5 Å². The molecule has 0 aliphatic carbocycles. The summed E-state index contributed by atoms with van der Waals surface area (Å²) in [6, 6.07) is 8.36. The summed E-state index contributed by atoms with van der Waals surface area (Å²) in [7, 11) is 0. The van der Waals surface area contributed by atoms with Crippen molar-refractivity contribution in [2.75, 3.05) is 6.61 Å². The quantitative estimate of drug-likeness (QED) is 0.773. The average Bonchev–Trinajstić information content (AvgIpc) is 2.84. The minimum atomic E-state index is 0.155. The maximum atomic E-state index is 9.29. The lowest BCUT2D eigenvalue weighted by molar-refractivity contribution is 0.238. The van der Waals surface area contributed by atoms with Crippen LogP contribution in [0, 0.1) is 0 Å². The Kier molecular flexibility index (Phi) is 5.62. The lowest BCUT2D eigenvalue weighted by Crippen LogP contribution is -2.31. The van der Waals surface area contributed by atoms with E-state index in [1.807, 2.05) is 18.2 Å². The molecule has 3 nitrogen and oxygen atoms in total. The summed E-state index contributed by atoms with van der Waals surface area (Å²) in [6.45, 7) is 5.21. The van der Waals surface area contributed by atoms with Crippen molar-refractivity contribution in [1.82, 2.24) is 5.32 Å². The van der Waals surface area contributed by atoms with Gasteiger partial charge in [0.1, 0.15) is 11.3 Å². The van der Waals surface area contributed by atoms with Crippen LogP contribution in [0.4, 0.5) is 0 Å². The Morgan fingerprint density at radius 2 is 2.05 bits per heavy atom. The third kappa shape index (κ3) is 3.41. The number of aliphatic hydroxyl groups is 1. The number of furan rings is 1. The van der Waals surface area contributed by atoms with E-state index in [0.717, 1.165) is 43.6 Å². The summed E-state index contributed by atoms with van der Waals surface area (Å²) in [4.78, 5) is 0. The van der Waals surface area contributed by atoms with Crippen molar-refractivity contribution in [3.8, 4) is 0 Å². The molecule has 1 unspecified atom stereocenters. The largest absolute Gasteiger partial charge is 0.461 e. The van der Waals surface area contributed by atoms with Crippen LogP contribution in [-0.4, -0.2) is 17.8 Å². The van der Waals surface area contributed by atoms with Crippen LogP contribution in [0.5, 0.6) is 0 Å². The minimum absolute atomic E-state index is 0.155.